The number of rotatable bonds is 7. The molecule has 0 aromatic rings. The van der Waals surface area contributed by atoms with Crippen molar-refractivity contribution in [3.8, 4) is 12.3 Å². The van der Waals surface area contributed by atoms with Gasteiger partial charge in [-0.05, 0) is 38.1 Å². The molecule has 1 heteroatoms. The summed E-state index contributed by atoms with van der Waals surface area (Å²) in [7, 11) is 0. The predicted molar refractivity (Wildman–Crippen MR) is 64.2 cm³/mol. The van der Waals surface area contributed by atoms with Crippen molar-refractivity contribution in [3.05, 3.63) is 0 Å². The van der Waals surface area contributed by atoms with E-state index in [0.717, 1.165) is 19.4 Å². The van der Waals surface area contributed by atoms with Gasteiger partial charge in [0.15, 0.2) is 0 Å². The molecule has 0 aromatic heterocycles. The molecule has 0 heterocycles. The normalized spacial score (nSPS) is 13.6. The molecule has 0 saturated carbocycles. The SMILES string of the molecule is C#CCCCC(C)(C)CC(C)NCC. The molecular weight excluding hydrogens is 170 g/mol. The lowest BCUT2D eigenvalue weighted by atomic mass is 9.81. The minimum Gasteiger partial charge on any atom is -0.315 e. The fraction of sp³-hybridized carbons (Fsp3) is 0.846. The van der Waals surface area contributed by atoms with Crippen LogP contribution in [0.15, 0.2) is 0 Å². The molecule has 1 atom stereocenters. The Morgan fingerprint density at radius 3 is 2.57 bits per heavy atom. The van der Waals surface area contributed by atoms with Gasteiger partial charge in [-0.25, -0.2) is 0 Å². The maximum Gasteiger partial charge on any atom is 0.00862 e. The molecule has 0 aliphatic rings. The zero-order valence-electron chi connectivity index (χ0n) is 10.2. The molecule has 0 radical (unpaired) electrons. The van der Waals surface area contributed by atoms with Gasteiger partial charge in [0, 0.05) is 12.5 Å². The van der Waals surface area contributed by atoms with Gasteiger partial charge < -0.3 is 5.32 Å². The van der Waals surface area contributed by atoms with E-state index in [-0.39, 0.29) is 0 Å². The molecule has 14 heavy (non-hydrogen) atoms. The zero-order valence-corrected chi connectivity index (χ0v) is 10.2. The molecule has 0 bridgehead atoms. The molecule has 0 rings (SSSR count). The van der Waals surface area contributed by atoms with Gasteiger partial charge in [0.25, 0.3) is 0 Å². The molecule has 0 aromatic carbocycles. The first-order chi connectivity index (χ1) is 6.52. The third kappa shape index (κ3) is 6.97. The third-order valence-electron chi connectivity index (χ3n) is 2.59. The highest BCUT2D eigenvalue weighted by Gasteiger charge is 2.19. The summed E-state index contributed by atoms with van der Waals surface area (Å²) < 4.78 is 0. The van der Waals surface area contributed by atoms with Gasteiger partial charge >= 0.3 is 0 Å². The Morgan fingerprint density at radius 2 is 2.07 bits per heavy atom. The number of terminal acetylenes is 1. The average Bonchev–Trinajstić information content (AvgIpc) is 2.03. The molecule has 1 nitrogen and oxygen atoms in total. The second-order valence-electron chi connectivity index (χ2n) is 4.88. The van der Waals surface area contributed by atoms with Gasteiger partial charge in [0.2, 0.25) is 0 Å². The quantitative estimate of drug-likeness (QED) is 0.486. The van der Waals surface area contributed by atoms with Gasteiger partial charge in [0.1, 0.15) is 0 Å². The molecule has 0 aliphatic carbocycles. The van der Waals surface area contributed by atoms with Crippen LogP contribution in [-0.4, -0.2) is 12.6 Å². The zero-order chi connectivity index (χ0) is 11.0. The summed E-state index contributed by atoms with van der Waals surface area (Å²) in [5.74, 6) is 2.70. The van der Waals surface area contributed by atoms with Crippen LogP contribution in [0.2, 0.25) is 0 Å². The largest absolute Gasteiger partial charge is 0.315 e. The van der Waals surface area contributed by atoms with E-state index in [2.05, 4.69) is 38.9 Å². The molecule has 0 fully saturated rings. The first-order valence-corrected chi connectivity index (χ1v) is 5.68. The molecule has 0 spiro atoms. The van der Waals surface area contributed by atoms with Crippen LogP contribution in [0, 0.1) is 17.8 Å². The maximum atomic E-state index is 5.24. The number of unbranched alkanes of at least 4 members (excludes halogenated alkanes) is 1. The van der Waals surface area contributed by atoms with Gasteiger partial charge in [0.05, 0.1) is 0 Å². The molecule has 1 unspecified atom stereocenters. The van der Waals surface area contributed by atoms with Gasteiger partial charge in [-0.15, -0.1) is 12.3 Å². The van der Waals surface area contributed by atoms with Crippen molar-refractivity contribution in [2.75, 3.05) is 6.54 Å². The Balaban J connectivity index is 3.76. The first-order valence-electron chi connectivity index (χ1n) is 5.68. The summed E-state index contributed by atoms with van der Waals surface area (Å²) in [5, 5.41) is 3.45. The Hall–Kier alpha value is -0.480. The lowest BCUT2D eigenvalue weighted by molar-refractivity contribution is 0.265. The van der Waals surface area contributed by atoms with E-state index < -0.39 is 0 Å². The van der Waals surface area contributed by atoms with Crippen molar-refractivity contribution >= 4 is 0 Å². The first kappa shape index (κ1) is 13.5. The molecule has 0 amide bonds. The second kappa shape index (κ2) is 6.90. The highest BCUT2D eigenvalue weighted by molar-refractivity contribution is 4.84. The lowest BCUT2D eigenvalue weighted by Crippen LogP contribution is -2.31. The van der Waals surface area contributed by atoms with Crippen LogP contribution in [0.4, 0.5) is 0 Å². The smallest absolute Gasteiger partial charge is 0.00862 e. The minimum atomic E-state index is 0.415. The van der Waals surface area contributed by atoms with E-state index in [1.165, 1.54) is 12.8 Å². The fourth-order valence-corrected chi connectivity index (χ4v) is 2.02. The lowest BCUT2D eigenvalue weighted by Gasteiger charge is -2.28. The van der Waals surface area contributed by atoms with Crippen molar-refractivity contribution in [3.63, 3.8) is 0 Å². The van der Waals surface area contributed by atoms with Crippen LogP contribution in [0.5, 0.6) is 0 Å². The highest BCUT2D eigenvalue weighted by atomic mass is 14.9. The fourth-order valence-electron chi connectivity index (χ4n) is 2.02. The molecule has 0 aliphatic heterocycles. The molecule has 0 saturated heterocycles. The third-order valence-corrected chi connectivity index (χ3v) is 2.59. The van der Waals surface area contributed by atoms with E-state index in [0.29, 0.717) is 11.5 Å². The van der Waals surface area contributed by atoms with Gasteiger partial charge in [-0.1, -0.05) is 20.8 Å². The summed E-state index contributed by atoms with van der Waals surface area (Å²) in [6.07, 6.45) is 9.77. The van der Waals surface area contributed by atoms with Crippen LogP contribution in [0.3, 0.4) is 0 Å². The predicted octanol–water partition coefficient (Wildman–Crippen LogP) is 3.20. The van der Waals surface area contributed by atoms with Crippen LogP contribution < -0.4 is 5.32 Å². The molecular formula is C13H25N. The van der Waals surface area contributed by atoms with Gasteiger partial charge in [-0.3, -0.25) is 0 Å². The van der Waals surface area contributed by atoms with Crippen LogP contribution >= 0.6 is 0 Å². The van der Waals surface area contributed by atoms with Crippen molar-refractivity contribution in [1.29, 1.82) is 0 Å². The average molecular weight is 195 g/mol. The maximum absolute atomic E-state index is 5.24. The van der Waals surface area contributed by atoms with Crippen LogP contribution in [0.25, 0.3) is 0 Å². The number of nitrogens with one attached hydrogen (secondary N) is 1. The summed E-state index contributed by atoms with van der Waals surface area (Å²) in [6, 6.07) is 0.612. The molecule has 1 N–H and O–H groups in total. The summed E-state index contributed by atoms with van der Waals surface area (Å²) in [4.78, 5) is 0. The van der Waals surface area contributed by atoms with Crippen LogP contribution in [-0.2, 0) is 0 Å². The Labute approximate surface area is 89.7 Å². The number of hydrogen-bond donors (Lipinski definition) is 1. The monoisotopic (exact) mass is 195 g/mol. The van der Waals surface area contributed by atoms with E-state index >= 15 is 0 Å². The van der Waals surface area contributed by atoms with Crippen molar-refractivity contribution < 1.29 is 0 Å². The Morgan fingerprint density at radius 1 is 1.43 bits per heavy atom. The van der Waals surface area contributed by atoms with Crippen molar-refractivity contribution in [2.24, 2.45) is 5.41 Å². The highest BCUT2D eigenvalue weighted by Crippen LogP contribution is 2.28. The molecule has 82 valence electrons. The minimum absolute atomic E-state index is 0.415. The van der Waals surface area contributed by atoms with E-state index in [9.17, 15) is 0 Å². The van der Waals surface area contributed by atoms with Crippen LogP contribution in [0.1, 0.15) is 53.4 Å². The van der Waals surface area contributed by atoms with Gasteiger partial charge in [-0.2, -0.15) is 0 Å². The summed E-state index contributed by atoms with van der Waals surface area (Å²) in [5.41, 5.74) is 0.415. The van der Waals surface area contributed by atoms with Crippen molar-refractivity contribution in [1.82, 2.24) is 5.32 Å². The van der Waals surface area contributed by atoms with E-state index in [1.807, 2.05) is 0 Å². The van der Waals surface area contributed by atoms with E-state index in [1.54, 1.807) is 0 Å². The summed E-state index contributed by atoms with van der Waals surface area (Å²) >= 11 is 0. The van der Waals surface area contributed by atoms with Crippen molar-refractivity contribution in [2.45, 2.75) is 59.4 Å². The Kier molecular flexibility index (Phi) is 6.66. The second-order valence-corrected chi connectivity index (χ2v) is 4.88. The standard InChI is InChI=1S/C13H25N/c1-6-8-9-10-13(4,5)11-12(3)14-7-2/h1,12,14H,7-11H2,2-5H3. The summed E-state index contributed by atoms with van der Waals surface area (Å²) in [6.45, 7) is 10.1. The van der Waals surface area contributed by atoms with E-state index in [4.69, 9.17) is 6.42 Å². The topological polar surface area (TPSA) is 12.0 Å². The Bertz CT molecular complexity index is 176. The number of hydrogen-bond acceptors (Lipinski definition) is 1.